The average molecular weight is 536 g/mol. The molecule has 1 fully saturated rings. The first-order chi connectivity index (χ1) is 13.9. The Morgan fingerprint density at radius 3 is 2.67 bits per heavy atom. The van der Waals surface area contributed by atoms with Crippen LogP contribution < -0.4 is 10.6 Å². The summed E-state index contributed by atoms with van der Waals surface area (Å²) in [5, 5.41) is 6.76. The first-order valence-electron chi connectivity index (χ1n) is 9.75. The molecular weight excluding hydrogens is 508 g/mol. The lowest BCUT2D eigenvalue weighted by Gasteiger charge is -2.19. The number of aromatic nitrogens is 2. The maximum absolute atomic E-state index is 12.7. The van der Waals surface area contributed by atoms with Gasteiger partial charge in [-0.1, -0.05) is 12.1 Å². The molecule has 1 aromatic heterocycles. The van der Waals surface area contributed by atoms with Crippen molar-refractivity contribution in [2.75, 3.05) is 26.7 Å². The van der Waals surface area contributed by atoms with Gasteiger partial charge in [0.2, 0.25) is 0 Å². The van der Waals surface area contributed by atoms with Crippen molar-refractivity contribution >= 4 is 29.9 Å². The standard InChI is InChI=1S/C20H27F3N6.HI/c1-24-19(26-8-2-10-28-12-9-25-15-28)27-18-7-11-29(14-18)13-16-3-5-17(6-4-16)20(21,22)23;/h3-6,9,12,15,18H,2,7-8,10-11,13-14H2,1H3,(H2,24,26,27);1H. The molecule has 0 radical (unpaired) electrons. The monoisotopic (exact) mass is 536 g/mol. The molecular formula is C20H28F3IN6. The summed E-state index contributed by atoms with van der Waals surface area (Å²) in [5.74, 6) is 0.775. The van der Waals surface area contributed by atoms with Crippen molar-refractivity contribution in [3.8, 4) is 0 Å². The highest BCUT2D eigenvalue weighted by Crippen LogP contribution is 2.29. The molecule has 1 atom stereocenters. The molecule has 1 aliphatic heterocycles. The van der Waals surface area contributed by atoms with Crippen LogP contribution >= 0.6 is 24.0 Å². The second kappa shape index (κ2) is 11.5. The summed E-state index contributed by atoms with van der Waals surface area (Å²) < 4.78 is 40.1. The van der Waals surface area contributed by atoms with Crippen molar-refractivity contribution in [3.63, 3.8) is 0 Å². The molecule has 2 N–H and O–H groups in total. The average Bonchev–Trinajstić information content (AvgIpc) is 3.36. The lowest BCUT2D eigenvalue weighted by Crippen LogP contribution is -2.44. The summed E-state index contributed by atoms with van der Waals surface area (Å²) in [4.78, 5) is 10.5. The second-order valence-corrected chi connectivity index (χ2v) is 7.21. The zero-order valence-electron chi connectivity index (χ0n) is 16.9. The smallest absolute Gasteiger partial charge is 0.356 e. The van der Waals surface area contributed by atoms with Gasteiger partial charge in [-0.3, -0.25) is 9.89 Å². The van der Waals surface area contributed by atoms with Gasteiger partial charge >= 0.3 is 6.18 Å². The van der Waals surface area contributed by atoms with Gasteiger partial charge in [0.15, 0.2) is 5.96 Å². The van der Waals surface area contributed by atoms with Crippen LogP contribution in [0, 0.1) is 0 Å². The van der Waals surface area contributed by atoms with E-state index in [2.05, 4.69) is 25.5 Å². The molecule has 2 aromatic rings. The molecule has 1 saturated heterocycles. The number of nitrogens with one attached hydrogen (secondary N) is 2. The Kier molecular flexibility index (Phi) is 9.40. The Balaban J connectivity index is 0.00000320. The number of likely N-dealkylation sites (tertiary alicyclic amines) is 1. The van der Waals surface area contributed by atoms with Crippen LogP contribution in [0.15, 0.2) is 48.0 Å². The van der Waals surface area contributed by atoms with Crippen molar-refractivity contribution in [3.05, 3.63) is 54.1 Å². The quantitative estimate of drug-likeness (QED) is 0.247. The minimum atomic E-state index is -4.29. The van der Waals surface area contributed by atoms with Gasteiger partial charge in [0.1, 0.15) is 0 Å². The molecule has 1 unspecified atom stereocenters. The molecule has 1 aliphatic rings. The van der Waals surface area contributed by atoms with Crippen LogP contribution in [-0.2, 0) is 19.3 Å². The number of aliphatic imine (C=N–C) groups is 1. The third-order valence-electron chi connectivity index (χ3n) is 4.97. The number of benzene rings is 1. The fraction of sp³-hybridized carbons (Fsp3) is 0.500. The highest BCUT2D eigenvalue weighted by molar-refractivity contribution is 14.0. The summed E-state index contributed by atoms with van der Waals surface area (Å²) >= 11 is 0. The van der Waals surface area contributed by atoms with Crippen LogP contribution in [0.25, 0.3) is 0 Å². The van der Waals surface area contributed by atoms with Gasteiger partial charge in [0.25, 0.3) is 0 Å². The summed E-state index contributed by atoms with van der Waals surface area (Å²) in [7, 11) is 1.75. The minimum absolute atomic E-state index is 0. The van der Waals surface area contributed by atoms with E-state index in [1.165, 1.54) is 0 Å². The van der Waals surface area contributed by atoms with Crippen molar-refractivity contribution < 1.29 is 13.2 Å². The summed E-state index contributed by atoms with van der Waals surface area (Å²) in [6.45, 7) is 4.08. The van der Waals surface area contributed by atoms with Gasteiger partial charge in [0.05, 0.1) is 11.9 Å². The molecule has 2 heterocycles. The molecule has 1 aromatic carbocycles. The summed E-state index contributed by atoms with van der Waals surface area (Å²) in [5.41, 5.74) is 0.283. The topological polar surface area (TPSA) is 57.5 Å². The molecule has 6 nitrogen and oxygen atoms in total. The molecule has 0 amide bonds. The molecule has 0 bridgehead atoms. The molecule has 0 spiro atoms. The van der Waals surface area contributed by atoms with Gasteiger partial charge in [-0.2, -0.15) is 13.2 Å². The lowest BCUT2D eigenvalue weighted by molar-refractivity contribution is -0.137. The van der Waals surface area contributed by atoms with Gasteiger partial charge in [0, 0.05) is 58.2 Å². The predicted octanol–water partition coefficient (Wildman–Crippen LogP) is 3.35. The van der Waals surface area contributed by atoms with E-state index in [1.54, 1.807) is 31.7 Å². The third kappa shape index (κ3) is 7.46. The van der Waals surface area contributed by atoms with Gasteiger partial charge in [-0.15, -0.1) is 24.0 Å². The van der Waals surface area contributed by atoms with Crippen molar-refractivity contribution in [1.82, 2.24) is 25.1 Å². The van der Waals surface area contributed by atoms with E-state index in [0.717, 1.165) is 62.7 Å². The first-order valence-corrected chi connectivity index (χ1v) is 9.75. The van der Waals surface area contributed by atoms with E-state index < -0.39 is 11.7 Å². The Hall–Kier alpha value is -1.82. The third-order valence-corrected chi connectivity index (χ3v) is 4.97. The van der Waals surface area contributed by atoms with Crippen LogP contribution in [0.1, 0.15) is 24.0 Å². The van der Waals surface area contributed by atoms with Gasteiger partial charge in [-0.25, -0.2) is 4.98 Å². The zero-order chi connectivity index (χ0) is 20.7. The summed E-state index contributed by atoms with van der Waals surface area (Å²) in [6.07, 6.45) is 3.15. The van der Waals surface area contributed by atoms with E-state index in [4.69, 9.17) is 0 Å². The van der Waals surface area contributed by atoms with Crippen molar-refractivity contribution in [2.45, 2.75) is 38.1 Å². The van der Waals surface area contributed by atoms with Crippen LogP contribution in [-0.4, -0.2) is 53.1 Å². The highest BCUT2D eigenvalue weighted by Gasteiger charge is 2.30. The van der Waals surface area contributed by atoms with Crippen LogP contribution in [0.3, 0.4) is 0 Å². The number of imidazole rings is 1. The second-order valence-electron chi connectivity index (χ2n) is 7.21. The number of rotatable bonds is 7. The SMILES string of the molecule is CN=C(NCCCn1ccnc1)NC1CCN(Cc2ccc(C(F)(F)F)cc2)C1.I. The molecule has 166 valence electrons. The predicted molar refractivity (Wildman–Crippen MR) is 122 cm³/mol. The highest BCUT2D eigenvalue weighted by atomic mass is 127. The number of halogens is 4. The molecule has 30 heavy (non-hydrogen) atoms. The maximum atomic E-state index is 12.7. The number of alkyl halides is 3. The zero-order valence-corrected chi connectivity index (χ0v) is 19.2. The Morgan fingerprint density at radius 2 is 2.03 bits per heavy atom. The van der Waals surface area contributed by atoms with E-state index in [1.807, 2.05) is 10.8 Å². The molecule has 3 rings (SSSR count). The maximum Gasteiger partial charge on any atom is 0.416 e. The van der Waals surface area contributed by atoms with Crippen LogP contribution in [0.5, 0.6) is 0 Å². The van der Waals surface area contributed by atoms with E-state index in [9.17, 15) is 13.2 Å². The minimum Gasteiger partial charge on any atom is -0.356 e. The van der Waals surface area contributed by atoms with Gasteiger partial charge in [-0.05, 0) is 30.5 Å². The Morgan fingerprint density at radius 1 is 1.27 bits per heavy atom. The number of aryl methyl sites for hydroxylation is 1. The molecule has 0 saturated carbocycles. The molecule has 10 heteroatoms. The Labute approximate surface area is 192 Å². The number of hydrogen-bond acceptors (Lipinski definition) is 3. The van der Waals surface area contributed by atoms with E-state index in [-0.39, 0.29) is 30.0 Å². The largest absolute Gasteiger partial charge is 0.416 e. The van der Waals surface area contributed by atoms with Crippen molar-refractivity contribution in [1.29, 1.82) is 0 Å². The van der Waals surface area contributed by atoms with Gasteiger partial charge < -0.3 is 15.2 Å². The normalized spacial score (nSPS) is 17.6. The van der Waals surface area contributed by atoms with Crippen LogP contribution in [0.4, 0.5) is 13.2 Å². The number of guanidine groups is 1. The molecule has 0 aliphatic carbocycles. The first kappa shape index (κ1) is 24.4. The number of hydrogen-bond donors (Lipinski definition) is 2. The van der Waals surface area contributed by atoms with Crippen molar-refractivity contribution in [2.24, 2.45) is 4.99 Å². The van der Waals surface area contributed by atoms with E-state index in [0.29, 0.717) is 6.54 Å². The van der Waals surface area contributed by atoms with E-state index >= 15 is 0 Å². The Bertz CT molecular complexity index is 777. The lowest BCUT2D eigenvalue weighted by atomic mass is 10.1. The van der Waals surface area contributed by atoms with Crippen LogP contribution in [0.2, 0.25) is 0 Å². The number of nitrogens with zero attached hydrogens (tertiary/aromatic N) is 4. The fourth-order valence-corrected chi connectivity index (χ4v) is 3.43. The summed E-state index contributed by atoms with van der Waals surface area (Å²) in [6, 6.07) is 5.69. The fourth-order valence-electron chi connectivity index (χ4n) is 3.43.